The van der Waals surface area contributed by atoms with Gasteiger partial charge in [0.25, 0.3) is 0 Å². The average Bonchev–Trinajstić information content (AvgIpc) is 2.63. The Bertz CT molecular complexity index is 638. The van der Waals surface area contributed by atoms with E-state index in [0.717, 1.165) is 18.4 Å². The molecule has 4 heteroatoms. The van der Waals surface area contributed by atoms with E-state index >= 15 is 0 Å². The summed E-state index contributed by atoms with van der Waals surface area (Å²) >= 11 is 0. The summed E-state index contributed by atoms with van der Waals surface area (Å²) in [6.07, 6.45) is 5.83. The molecule has 0 amide bonds. The van der Waals surface area contributed by atoms with Gasteiger partial charge in [-0.2, -0.15) is 5.26 Å². The molecule has 0 spiro atoms. The molecule has 0 bridgehead atoms. The minimum atomic E-state index is -0.537. The Hall–Kier alpha value is -2.28. The van der Waals surface area contributed by atoms with Crippen LogP contribution in [0.4, 0.5) is 0 Å². The lowest BCUT2D eigenvalue weighted by Gasteiger charge is -2.41. The molecule has 0 unspecified atom stereocenters. The molecule has 1 saturated carbocycles. The first-order chi connectivity index (χ1) is 12.1. The number of benzene rings is 1. The average molecular weight is 340 g/mol. The van der Waals surface area contributed by atoms with Crippen LogP contribution in [0.25, 0.3) is 5.70 Å². The molecule has 2 rings (SSSR count). The largest absolute Gasteiger partial charge is 0.462 e. The number of nitrogens with zero attached hydrogens (tertiary/aromatic N) is 2. The van der Waals surface area contributed by atoms with Crippen LogP contribution in [-0.2, 0) is 9.53 Å². The van der Waals surface area contributed by atoms with Crippen molar-refractivity contribution in [1.82, 2.24) is 4.90 Å². The number of nitriles is 1. The second-order valence-corrected chi connectivity index (χ2v) is 6.71. The molecule has 1 fully saturated rings. The van der Waals surface area contributed by atoms with Crippen LogP contribution in [0.1, 0.15) is 58.4 Å². The van der Waals surface area contributed by atoms with Crippen molar-refractivity contribution in [2.24, 2.45) is 0 Å². The fourth-order valence-electron chi connectivity index (χ4n) is 3.64. The molecule has 0 aliphatic heterocycles. The quantitative estimate of drug-likeness (QED) is 0.434. The Kier molecular flexibility index (Phi) is 7.06. The van der Waals surface area contributed by atoms with Crippen LogP contribution in [0.15, 0.2) is 35.9 Å². The molecule has 0 radical (unpaired) electrons. The van der Waals surface area contributed by atoms with Gasteiger partial charge in [0.15, 0.2) is 5.57 Å². The van der Waals surface area contributed by atoms with Crippen molar-refractivity contribution in [2.75, 3.05) is 6.61 Å². The van der Waals surface area contributed by atoms with E-state index in [1.165, 1.54) is 19.3 Å². The number of esters is 1. The van der Waals surface area contributed by atoms with Crippen LogP contribution >= 0.6 is 0 Å². The van der Waals surface area contributed by atoms with Gasteiger partial charge in [-0.15, -0.1) is 0 Å². The molecule has 0 aromatic heterocycles. The van der Waals surface area contributed by atoms with Gasteiger partial charge in [0.1, 0.15) is 6.07 Å². The lowest BCUT2D eigenvalue weighted by atomic mass is 9.91. The molecule has 0 atom stereocenters. The van der Waals surface area contributed by atoms with E-state index in [4.69, 9.17) is 4.74 Å². The van der Waals surface area contributed by atoms with Gasteiger partial charge >= 0.3 is 5.97 Å². The lowest BCUT2D eigenvalue weighted by molar-refractivity contribution is -0.138. The number of carbonyl (C=O) groups is 1. The Morgan fingerprint density at radius 2 is 1.88 bits per heavy atom. The molecule has 0 saturated heterocycles. The third kappa shape index (κ3) is 4.63. The third-order valence-corrected chi connectivity index (χ3v) is 4.66. The predicted octanol–water partition coefficient (Wildman–Crippen LogP) is 4.53. The fourth-order valence-corrected chi connectivity index (χ4v) is 3.64. The van der Waals surface area contributed by atoms with Crippen LogP contribution in [0.2, 0.25) is 0 Å². The lowest BCUT2D eigenvalue weighted by Crippen LogP contribution is -2.41. The maximum absolute atomic E-state index is 12.5. The van der Waals surface area contributed by atoms with Gasteiger partial charge in [-0.25, -0.2) is 4.79 Å². The highest BCUT2D eigenvalue weighted by atomic mass is 16.5. The van der Waals surface area contributed by atoms with Gasteiger partial charge in [0, 0.05) is 12.1 Å². The molecular formula is C21H28N2O2. The van der Waals surface area contributed by atoms with E-state index in [1.807, 2.05) is 30.3 Å². The van der Waals surface area contributed by atoms with Crippen molar-refractivity contribution in [1.29, 1.82) is 5.26 Å². The highest BCUT2D eigenvalue weighted by Crippen LogP contribution is 2.33. The Labute approximate surface area is 151 Å². The van der Waals surface area contributed by atoms with Crippen LogP contribution in [0.5, 0.6) is 0 Å². The molecule has 1 aliphatic rings. The van der Waals surface area contributed by atoms with Crippen molar-refractivity contribution in [3.63, 3.8) is 0 Å². The van der Waals surface area contributed by atoms with Gasteiger partial charge in [0.2, 0.25) is 0 Å². The van der Waals surface area contributed by atoms with E-state index < -0.39 is 5.97 Å². The number of hydrogen-bond acceptors (Lipinski definition) is 4. The summed E-state index contributed by atoms with van der Waals surface area (Å²) in [5.74, 6) is -0.537. The normalized spacial score (nSPS) is 16.1. The minimum Gasteiger partial charge on any atom is -0.462 e. The monoisotopic (exact) mass is 340 g/mol. The SMILES string of the molecule is CCOC(=O)/C(C#N)=C(/c1ccccc1)N(C(C)C)C1CCCCC1. The smallest absolute Gasteiger partial charge is 0.351 e. The molecule has 1 aromatic rings. The molecule has 0 heterocycles. The third-order valence-electron chi connectivity index (χ3n) is 4.66. The summed E-state index contributed by atoms with van der Waals surface area (Å²) in [5, 5.41) is 9.75. The summed E-state index contributed by atoms with van der Waals surface area (Å²) in [7, 11) is 0. The number of carbonyl (C=O) groups excluding carboxylic acids is 1. The van der Waals surface area contributed by atoms with Gasteiger partial charge in [0.05, 0.1) is 12.3 Å². The Morgan fingerprint density at radius 3 is 2.40 bits per heavy atom. The van der Waals surface area contributed by atoms with Crippen LogP contribution in [0.3, 0.4) is 0 Å². The second-order valence-electron chi connectivity index (χ2n) is 6.71. The first-order valence-electron chi connectivity index (χ1n) is 9.25. The van der Waals surface area contributed by atoms with Gasteiger partial charge < -0.3 is 9.64 Å². The van der Waals surface area contributed by atoms with Gasteiger partial charge in [-0.05, 0) is 39.2 Å². The zero-order chi connectivity index (χ0) is 18.2. The fraction of sp³-hybridized carbons (Fsp3) is 0.524. The first-order valence-corrected chi connectivity index (χ1v) is 9.25. The molecule has 0 N–H and O–H groups in total. The van der Waals surface area contributed by atoms with Crippen molar-refractivity contribution in [3.05, 3.63) is 41.5 Å². The second kappa shape index (κ2) is 9.27. The summed E-state index contributed by atoms with van der Waals surface area (Å²) in [5.41, 5.74) is 1.71. The molecule has 1 aliphatic carbocycles. The molecule has 25 heavy (non-hydrogen) atoms. The Morgan fingerprint density at radius 1 is 1.24 bits per heavy atom. The predicted molar refractivity (Wildman–Crippen MR) is 99.5 cm³/mol. The minimum absolute atomic E-state index is 0.104. The zero-order valence-corrected chi connectivity index (χ0v) is 15.5. The van der Waals surface area contributed by atoms with Crippen molar-refractivity contribution >= 4 is 11.7 Å². The number of hydrogen-bond donors (Lipinski definition) is 0. The standard InChI is InChI=1S/C21H28N2O2/c1-4-25-21(24)19(15-22)20(17-11-7-5-8-12-17)23(16(2)3)18-13-9-6-10-14-18/h5,7-8,11-12,16,18H,4,6,9-10,13-14H2,1-3H3/b20-19-. The molecule has 4 nitrogen and oxygen atoms in total. The van der Waals surface area contributed by atoms with E-state index in [9.17, 15) is 10.1 Å². The molecule has 134 valence electrons. The van der Waals surface area contributed by atoms with E-state index in [-0.39, 0.29) is 18.2 Å². The van der Waals surface area contributed by atoms with E-state index in [0.29, 0.717) is 11.7 Å². The highest BCUT2D eigenvalue weighted by molar-refractivity contribution is 6.01. The van der Waals surface area contributed by atoms with Crippen LogP contribution < -0.4 is 0 Å². The Balaban J connectivity index is 2.59. The molecular weight excluding hydrogens is 312 g/mol. The maximum atomic E-state index is 12.5. The highest BCUT2D eigenvalue weighted by Gasteiger charge is 2.30. The number of ether oxygens (including phenoxy) is 1. The van der Waals surface area contributed by atoms with Crippen molar-refractivity contribution in [3.8, 4) is 6.07 Å². The number of rotatable bonds is 6. The van der Waals surface area contributed by atoms with Crippen molar-refractivity contribution < 1.29 is 9.53 Å². The summed E-state index contributed by atoms with van der Waals surface area (Å²) in [4.78, 5) is 14.7. The summed E-state index contributed by atoms with van der Waals surface area (Å²) in [6, 6.07) is 12.4. The first kappa shape index (κ1) is 19.1. The van der Waals surface area contributed by atoms with Crippen molar-refractivity contribution in [2.45, 2.75) is 65.0 Å². The molecule has 1 aromatic carbocycles. The summed E-state index contributed by atoms with van der Waals surface area (Å²) < 4.78 is 5.17. The topological polar surface area (TPSA) is 53.3 Å². The van der Waals surface area contributed by atoms with E-state index in [1.54, 1.807) is 6.92 Å². The maximum Gasteiger partial charge on any atom is 0.351 e. The van der Waals surface area contributed by atoms with Crippen LogP contribution in [0, 0.1) is 11.3 Å². The van der Waals surface area contributed by atoms with Gasteiger partial charge in [-0.1, -0.05) is 49.6 Å². The zero-order valence-electron chi connectivity index (χ0n) is 15.5. The van der Waals surface area contributed by atoms with Crippen LogP contribution in [-0.4, -0.2) is 29.6 Å². The summed E-state index contributed by atoms with van der Waals surface area (Å²) in [6.45, 7) is 6.27. The van der Waals surface area contributed by atoms with Gasteiger partial charge in [-0.3, -0.25) is 0 Å². The van der Waals surface area contributed by atoms with E-state index in [2.05, 4.69) is 24.8 Å².